The molecule has 0 aromatic heterocycles. The first-order valence-electron chi connectivity index (χ1n) is 9.99. The Balaban J connectivity index is 6.82. The fourth-order valence-electron chi connectivity index (χ4n) is 1.50. The van der Waals surface area contributed by atoms with Crippen molar-refractivity contribution in [3.63, 3.8) is 0 Å². The molecule has 0 saturated carbocycles. The van der Waals surface area contributed by atoms with Crippen molar-refractivity contribution in [2.24, 2.45) is 0 Å². The zero-order chi connectivity index (χ0) is 29.5. The molecule has 17 heteroatoms. The lowest BCUT2D eigenvalue weighted by Gasteiger charge is -2.22. The molecule has 15 nitrogen and oxygen atoms in total. The molecule has 0 heterocycles. The van der Waals surface area contributed by atoms with Crippen molar-refractivity contribution in [1.82, 2.24) is 0 Å². The van der Waals surface area contributed by atoms with Crippen LogP contribution in [0.2, 0.25) is 0 Å². The number of aliphatic hydroxyl groups is 4. The van der Waals surface area contributed by atoms with E-state index in [1.54, 1.807) is 0 Å². The average Bonchev–Trinajstić information content (AvgIpc) is 2.75. The monoisotopic (exact) mass is 570 g/mol. The summed E-state index contributed by atoms with van der Waals surface area (Å²) in [4.78, 5) is 49.1. The maximum absolute atomic E-state index is 13.3. The first-order valence-corrected chi connectivity index (χ1v) is 12.9. The number of hydrogen-bond donors (Lipinski definition) is 4. The summed E-state index contributed by atoms with van der Waals surface area (Å²) >= 11 is 0. The summed E-state index contributed by atoms with van der Waals surface area (Å²) in [5.74, 6) is -9.07. The Bertz CT molecular complexity index is 1010. The summed E-state index contributed by atoms with van der Waals surface area (Å²) in [6.07, 6.45) is 0. The highest BCUT2D eigenvalue weighted by molar-refractivity contribution is 7.63. The summed E-state index contributed by atoms with van der Waals surface area (Å²) in [7, 11) is -11.6. The SMILES string of the molecule is C/C(O)=C(\C)C(=O)OP(=O)(OC(=O)/C(C)=C(/C)O)OP(=O)(OC(=O)/C(C)=C(/C)O)OC(=O)/C(C)=C(/C)O. The Morgan fingerprint density at radius 2 is 0.595 bits per heavy atom. The third kappa shape index (κ3) is 10.2. The van der Waals surface area contributed by atoms with Crippen LogP contribution >= 0.6 is 15.6 Å². The van der Waals surface area contributed by atoms with Crippen molar-refractivity contribution in [2.45, 2.75) is 55.4 Å². The molecule has 0 aromatic rings. The molecule has 0 aliphatic heterocycles. The molecule has 0 unspecified atom stereocenters. The van der Waals surface area contributed by atoms with Gasteiger partial charge in [0, 0.05) is 0 Å². The van der Waals surface area contributed by atoms with Gasteiger partial charge >= 0.3 is 39.5 Å². The van der Waals surface area contributed by atoms with Crippen molar-refractivity contribution in [3.05, 3.63) is 45.3 Å². The lowest BCUT2D eigenvalue weighted by molar-refractivity contribution is -0.136. The molecule has 0 rings (SSSR count). The number of hydrogen-bond acceptors (Lipinski definition) is 15. The van der Waals surface area contributed by atoms with E-state index in [0.717, 1.165) is 55.4 Å². The van der Waals surface area contributed by atoms with Gasteiger partial charge in [-0.2, -0.15) is 0 Å². The summed E-state index contributed by atoms with van der Waals surface area (Å²) in [5, 5.41) is 37.9. The molecular formula is C20H28O15P2. The van der Waals surface area contributed by atoms with Crippen LogP contribution in [0.1, 0.15) is 55.4 Å². The van der Waals surface area contributed by atoms with E-state index in [2.05, 4.69) is 22.4 Å². The Kier molecular flexibility index (Phi) is 11.9. The molecule has 4 N–H and O–H groups in total. The van der Waals surface area contributed by atoms with Gasteiger partial charge in [0.15, 0.2) is 0 Å². The lowest BCUT2D eigenvalue weighted by atomic mass is 10.3. The second-order valence-corrected chi connectivity index (χ2v) is 10.5. The topological polar surface area (TPSA) is 229 Å². The number of rotatable bonds is 10. The molecule has 0 aliphatic rings. The van der Waals surface area contributed by atoms with E-state index in [9.17, 15) is 48.7 Å². The summed E-state index contributed by atoms with van der Waals surface area (Å²) in [6.45, 7) is 8.08. The van der Waals surface area contributed by atoms with Crippen LogP contribution in [0.3, 0.4) is 0 Å². The van der Waals surface area contributed by atoms with Crippen molar-refractivity contribution >= 4 is 39.5 Å². The molecule has 208 valence electrons. The standard InChI is InChI=1S/C20H28O15P2/c1-9(13(5)21)17(25)31-36(29,32-18(26)10(2)14(6)22)35-37(30,33-19(27)11(3)15(7)23)34-20(28)12(4)16(8)24/h21-24H,1-8H3/b13-9-,14-10-,15-11-,16-12-. The maximum Gasteiger partial charge on any atom is 0.603 e. The van der Waals surface area contributed by atoms with Gasteiger partial charge in [0.05, 0.1) is 45.3 Å². The number of carbonyl (C=O) groups is 4. The van der Waals surface area contributed by atoms with Gasteiger partial charge in [0.25, 0.3) is 0 Å². The summed E-state index contributed by atoms with van der Waals surface area (Å²) < 4.78 is 49.1. The van der Waals surface area contributed by atoms with E-state index >= 15 is 0 Å². The largest absolute Gasteiger partial charge is 0.603 e. The Morgan fingerprint density at radius 3 is 0.730 bits per heavy atom. The number of phosphoric acid groups is 2. The zero-order valence-corrected chi connectivity index (χ0v) is 23.0. The molecule has 0 saturated heterocycles. The molecular weight excluding hydrogens is 542 g/mol. The summed E-state index contributed by atoms with van der Waals surface area (Å²) in [5.41, 5.74) is -2.34. The predicted molar refractivity (Wildman–Crippen MR) is 125 cm³/mol. The third-order valence-electron chi connectivity index (χ3n) is 4.37. The fraction of sp³-hybridized carbons (Fsp3) is 0.400. The quantitative estimate of drug-likeness (QED) is 0.157. The van der Waals surface area contributed by atoms with Crippen LogP contribution in [0.25, 0.3) is 0 Å². The zero-order valence-electron chi connectivity index (χ0n) is 21.2. The Morgan fingerprint density at radius 1 is 0.432 bits per heavy atom. The van der Waals surface area contributed by atoms with Gasteiger partial charge in [0.1, 0.15) is 0 Å². The smallest absolute Gasteiger partial charge is 0.512 e. The number of allylic oxidation sites excluding steroid dienone is 4. The average molecular weight is 570 g/mol. The van der Waals surface area contributed by atoms with Gasteiger partial charge in [0.2, 0.25) is 0 Å². The second-order valence-electron chi connectivity index (χ2n) is 7.33. The predicted octanol–water partition coefficient (Wildman–Crippen LogP) is 4.80. The highest BCUT2D eigenvalue weighted by atomic mass is 31.3. The minimum Gasteiger partial charge on any atom is -0.512 e. The first-order chi connectivity index (χ1) is 16.7. The molecule has 0 aromatic carbocycles. The van der Waals surface area contributed by atoms with Gasteiger partial charge in [-0.15, -0.1) is 4.31 Å². The minimum absolute atomic E-state index is 0.585. The molecule has 0 spiro atoms. The first kappa shape index (κ1) is 33.5. The Labute approximate surface area is 211 Å². The molecule has 37 heavy (non-hydrogen) atoms. The molecule has 0 radical (unpaired) electrons. The van der Waals surface area contributed by atoms with Gasteiger partial charge in [-0.1, -0.05) is 0 Å². The van der Waals surface area contributed by atoms with Crippen LogP contribution < -0.4 is 0 Å². The molecule has 0 bridgehead atoms. The van der Waals surface area contributed by atoms with Crippen LogP contribution in [-0.2, 0) is 50.7 Å². The van der Waals surface area contributed by atoms with Crippen molar-refractivity contribution in [2.75, 3.05) is 0 Å². The van der Waals surface area contributed by atoms with E-state index in [1.807, 2.05) is 0 Å². The number of carbonyl (C=O) groups excluding carboxylic acids is 4. The Hall–Kier alpha value is -3.54. The van der Waals surface area contributed by atoms with Gasteiger partial charge < -0.3 is 38.5 Å². The van der Waals surface area contributed by atoms with Crippen LogP contribution in [0, 0.1) is 0 Å². The normalized spacial score (nSPS) is 16.0. The number of aliphatic hydroxyl groups excluding tert-OH is 4. The highest BCUT2D eigenvalue weighted by Gasteiger charge is 2.50. The summed E-state index contributed by atoms with van der Waals surface area (Å²) in [6, 6.07) is 0. The van der Waals surface area contributed by atoms with Crippen LogP contribution in [0.5, 0.6) is 0 Å². The van der Waals surface area contributed by atoms with Gasteiger partial charge in [-0.05, 0) is 55.4 Å². The third-order valence-corrected chi connectivity index (χ3v) is 7.53. The van der Waals surface area contributed by atoms with E-state index in [-0.39, 0.29) is 0 Å². The van der Waals surface area contributed by atoms with E-state index in [4.69, 9.17) is 0 Å². The van der Waals surface area contributed by atoms with Gasteiger partial charge in [-0.3, -0.25) is 0 Å². The van der Waals surface area contributed by atoms with E-state index in [1.165, 1.54) is 0 Å². The lowest BCUT2D eigenvalue weighted by Crippen LogP contribution is -2.17. The minimum atomic E-state index is -5.82. The fourth-order valence-corrected chi connectivity index (χ4v) is 4.45. The van der Waals surface area contributed by atoms with E-state index < -0.39 is 84.9 Å². The molecule has 0 amide bonds. The van der Waals surface area contributed by atoms with Crippen LogP contribution in [0.15, 0.2) is 45.3 Å². The van der Waals surface area contributed by atoms with Crippen molar-refractivity contribution in [1.29, 1.82) is 0 Å². The van der Waals surface area contributed by atoms with Gasteiger partial charge in [-0.25, -0.2) is 28.3 Å². The van der Waals surface area contributed by atoms with Crippen LogP contribution in [0.4, 0.5) is 0 Å². The van der Waals surface area contributed by atoms with Crippen molar-refractivity contribution < 1.29 is 71.1 Å². The maximum atomic E-state index is 13.3. The molecule has 0 aliphatic carbocycles. The highest BCUT2D eigenvalue weighted by Crippen LogP contribution is 2.67. The van der Waals surface area contributed by atoms with Crippen LogP contribution in [-0.4, -0.2) is 44.3 Å². The van der Waals surface area contributed by atoms with E-state index in [0.29, 0.717) is 0 Å². The molecule has 0 atom stereocenters. The number of phosphoric ester groups is 2. The molecule has 0 fully saturated rings. The van der Waals surface area contributed by atoms with Crippen molar-refractivity contribution in [3.8, 4) is 0 Å². The second kappa shape index (κ2) is 13.1.